The van der Waals surface area contributed by atoms with Crippen molar-refractivity contribution in [1.29, 1.82) is 0 Å². The molecule has 0 aliphatic heterocycles. The van der Waals surface area contributed by atoms with Crippen LogP contribution in [0.2, 0.25) is 5.21 Å². The average molecular weight is 136 g/mol. The first kappa shape index (κ1) is 5.52. The number of aliphatic hydroxyl groups excluding tert-OH is 1. The molecule has 0 fully saturated rings. The molecule has 2 unspecified atom stereocenters. The monoisotopic (exact) mass is 136 g/mol. The first-order valence-electron chi connectivity index (χ1n) is 1.65. The van der Waals surface area contributed by atoms with Gasteiger partial charge in [-0.15, -0.1) is 0 Å². The molecule has 32 valence electrons. The number of hydrogen-bond donors (Lipinski definition) is 1. The van der Waals surface area contributed by atoms with Gasteiger partial charge in [-0.2, -0.15) is 0 Å². The molecule has 1 N–H and O–H groups in total. The Kier molecular flexibility index (Phi) is 3.02. The topological polar surface area (TPSA) is 20.2 Å². The standard InChI is InChI=1S/C3H9AsO/c1-3(5)2-4/h3,5H,2,4H2,1H3. The second-order valence-corrected chi connectivity index (χ2v) is 2.07. The van der Waals surface area contributed by atoms with Crippen LogP contribution in [-0.4, -0.2) is 28.1 Å². The van der Waals surface area contributed by atoms with Gasteiger partial charge in [0, 0.05) is 0 Å². The molecule has 0 radical (unpaired) electrons. The molecule has 0 aromatic carbocycles. The zero-order valence-electron chi connectivity index (χ0n) is 3.31. The summed E-state index contributed by atoms with van der Waals surface area (Å²) >= 11 is 1.58. The number of aliphatic hydroxyl groups is 1. The van der Waals surface area contributed by atoms with E-state index in [4.69, 9.17) is 5.11 Å². The molecule has 0 saturated heterocycles. The zero-order valence-corrected chi connectivity index (χ0v) is 5.73. The Bertz CT molecular complexity index is 20.9. The van der Waals surface area contributed by atoms with Gasteiger partial charge in [0.25, 0.3) is 0 Å². The zero-order chi connectivity index (χ0) is 4.28. The van der Waals surface area contributed by atoms with Crippen molar-refractivity contribution in [3.05, 3.63) is 0 Å². The quantitative estimate of drug-likeness (QED) is 0.478. The fourth-order valence-corrected chi connectivity index (χ4v) is 0. The van der Waals surface area contributed by atoms with Crippen molar-refractivity contribution in [3.63, 3.8) is 0 Å². The van der Waals surface area contributed by atoms with E-state index in [-0.39, 0.29) is 6.10 Å². The number of hydrogen-bond acceptors (Lipinski definition) is 1. The van der Waals surface area contributed by atoms with Crippen LogP contribution in [0.3, 0.4) is 0 Å². The van der Waals surface area contributed by atoms with Gasteiger partial charge in [-0.1, -0.05) is 0 Å². The second kappa shape index (κ2) is 2.74. The predicted octanol–water partition coefficient (Wildman–Crippen LogP) is -0.581. The van der Waals surface area contributed by atoms with Gasteiger partial charge >= 0.3 is 40.2 Å². The van der Waals surface area contributed by atoms with Crippen LogP contribution < -0.4 is 0 Å². The fraction of sp³-hybridized carbons (Fsp3) is 1.00. The molecule has 2 heteroatoms. The van der Waals surface area contributed by atoms with Crippen molar-refractivity contribution in [1.82, 2.24) is 0 Å². The predicted molar refractivity (Wildman–Crippen MR) is 25.0 cm³/mol. The second-order valence-electron chi connectivity index (χ2n) is 1.08. The van der Waals surface area contributed by atoms with Crippen molar-refractivity contribution in [2.75, 3.05) is 0 Å². The van der Waals surface area contributed by atoms with Crippen molar-refractivity contribution < 1.29 is 5.11 Å². The molecule has 0 spiro atoms. The van der Waals surface area contributed by atoms with E-state index in [2.05, 4.69) is 0 Å². The molecule has 0 heterocycles. The van der Waals surface area contributed by atoms with Gasteiger partial charge < -0.3 is 0 Å². The van der Waals surface area contributed by atoms with Gasteiger partial charge in [0.05, 0.1) is 0 Å². The first-order valence-corrected chi connectivity index (χ1v) is 3.37. The summed E-state index contributed by atoms with van der Waals surface area (Å²) in [7, 11) is 0. The Morgan fingerprint density at radius 1 is 2.00 bits per heavy atom. The van der Waals surface area contributed by atoms with E-state index < -0.39 is 0 Å². The molecule has 0 aliphatic carbocycles. The Morgan fingerprint density at radius 2 is 2.20 bits per heavy atom. The van der Waals surface area contributed by atoms with E-state index >= 15 is 0 Å². The van der Waals surface area contributed by atoms with Gasteiger partial charge in [0.1, 0.15) is 0 Å². The Balaban J connectivity index is 2.54. The van der Waals surface area contributed by atoms with Crippen LogP contribution >= 0.6 is 0 Å². The minimum absolute atomic E-state index is 0.0880. The Morgan fingerprint density at radius 3 is 2.20 bits per heavy atom. The summed E-state index contributed by atoms with van der Waals surface area (Å²) in [6, 6.07) is 0. The van der Waals surface area contributed by atoms with Crippen molar-refractivity contribution in [2.24, 2.45) is 0 Å². The molecule has 2 atom stereocenters. The summed E-state index contributed by atoms with van der Waals surface area (Å²) in [5, 5.41) is 9.30. The molecule has 0 bridgehead atoms. The van der Waals surface area contributed by atoms with E-state index in [1.807, 2.05) is 0 Å². The SMILES string of the molecule is CC(O)C[AsH2]. The van der Waals surface area contributed by atoms with E-state index in [1.54, 1.807) is 23.8 Å². The molecule has 0 aromatic heterocycles. The molecule has 0 aliphatic rings. The van der Waals surface area contributed by atoms with Gasteiger partial charge in [-0.3, -0.25) is 0 Å². The number of rotatable bonds is 1. The van der Waals surface area contributed by atoms with Crippen LogP contribution in [0, 0.1) is 0 Å². The fourth-order valence-electron chi connectivity index (χ4n) is 0. The van der Waals surface area contributed by atoms with E-state index in [1.165, 1.54) is 0 Å². The van der Waals surface area contributed by atoms with Crippen LogP contribution in [0.25, 0.3) is 0 Å². The van der Waals surface area contributed by atoms with Crippen LogP contribution in [0.1, 0.15) is 6.92 Å². The molecular weight excluding hydrogens is 127 g/mol. The Labute approximate surface area is 40.9 Å². The Hall–Kier alpha value is 0.518. The van der Waals surface area contributed by atoms with Crippen LogP contribution in [0.5, 0.6) is 0 Å². The third kappa shape index (κ3) is 4.52. The van der Waals surface area contributed by atoms with Crippen LogP contribution in [0.15, 0.2) is 0 Å². The maximum atomic E-state index is 8.38. The molecule has 1 nitrogen and oxygen atoms in total. The summed E-state index contributed by atoms with van der Waals surface area (Å²) in [6.07, 6.45) is -0.0880. The van der Waals surface area contributed by atoms with E-state index in [9.17, 15) is 0 Å². The van der Waals surface area contributed by atoms with E-state index in [0.29, 0.717) is 0 Å². The summed E-state index contributed by atoms with van der Waals surface area (Å²) in [4.78, 5) is 0. The minimum atomic E-state index is -0.0880. The van der Waals surface area contributed by atoms with E-state index in [0.717, 1.165) is 5.21 Å². The van der Waals surface area contributed by atoms with Crippen molar-refractivity contribution >= 4 is 16.9 Å². The molecule has 0 rings (SSSR count). The van der Waals surface area contributed by atoms with Gasteiger partial charge in [0.2, 0.25) is 0 Å². The molecule has 0 aromatic rings. The molecule has 0 saturated carbocycles. The summed E-state index contributed by atoms with van der Waals surface area (Å²) in [5.74, 6) is 0. The molecule has 5 heavy (non-hydrogen) atoms. The average Bonchev–Trinajstić information content (AvgIpc) is 1.38. The van der Waals surface area contributed by atoms with Crippen molar-refractivity contribution in [2.45, 2.75) is 18.2 Å². The molecule has 0 amide bonds. The van der Waals surface area contributed by atoms with Gasteiger partial charge in [-0.05, 0) is 0 Å². The van der Waals surface area contributed by atoms with Crippen molar-refractivity contribution in [3.8, 4) is 0 Å². The summed E-state index contributed by atoms with van der Waals surface area (Å²) < 4.78 is 0. The summed E-state index contributed by atoms with van der Waals surface area (Å²) in [5.41, 5.74) is 0. The van der Waals surface area contributed by atoms with Gasteiger partial charge in [-0.25, -0.2) is 0 Å². The first-order chi connectivity index (χ1) is 2.27. The third-order valence-electron chi connectivity index (χ3n) is 0.341. The van der Waals surface area contributed by atoms with Crippen LogP contribution in [-0.2, 0) is 0 Å². The normalized spacial score (nSPS) is 15.0. The molecular formula is C3H9AsO. The maximum absolute atomic E-state index is 8.38. The van der Waals surface area contributed by atoms with Crippen LogP contribution in [0.4, 0.5) is 0 Å². The summed E-state index contributed by atoms with van der Waals surface area (Å²) in [6.45, 7) is 1.79. The third-order valence-corrected chi connectivity index (χ3v) is 1.77. The van der Waals surface area contributed by atoms with Gasteiger partial charge in [0.15, 0.2) is 0 Å².